The van der Waals surface area contributed by atoms with Crippen LogP contribution in [0.3, 0.4) is 0 Å². The third kappa shape index (κ3) is 5.59. The van der Waals surface area contributed by atoms with Crippen molar-refractivity contribution in [3.63, 3.8) is 0 Å². The minimum absolute atomic E-state index is 0.0101. The lowest BCUT2D eigenvalue weighted by Crippen LogP contribution is -2.44. The standard InChI is InChI=1S/C14H25BN2/c1-6-9-13(4,10-7-2)15-17-14(5,8-3)11-12-16/h6-12,15,17H,3,16H2,1-2,4-5H3. The van der Waals surface area contributed by atoms with Crippen LogP contribution in [-0.4, -0.2) is 13.0 Å². The maximum absolute atomic E-state index is 5.45. The Hall–Kier alpha value is -1.22. The van der Waals surface area contributed by atoms with Crippen LogP contribution in [0.5, 0.6) is 0 Å². The fourth-order valence-corrected chi connectivity index (χ4v) is 1.71. The van der Waals surface area contributed by atoms with Crippen molar-refractivity contribution >= 4 is 7.41 Å². The third-order valence-electron chi connectivity index (χ3n) is 2.81. The quantitative estimate of drug-likeness (QED) is 0.523. The third-order valence-corrected chi connectivity index (χ3v) is 2.81. The highest BCUT2D eigenvalue weighted by Crippen LogP contribution is 2.27. The Balaban J connectivity index is 4.75. The average molecular weight is 232 g/mol. The zero-order valence-electron chi connectivity index (χ0n) is 11.5. The van der Waals surface area contributed by atoms with Crippen molar-refractivity contribution in [2.75, 3.05) is 0 Å². The minimum Gasteiger partial charge on any atom is -0.405 e. The summed E-state index contributed by atoms with van der Waals surface area (Å²) < 4.78 is 0. The highest BCUT2D eigenvalue weighted by molar-refractivity contribution is 6.39. The summed E-state index contributed by atoms with van der Waals surface area (Å²) >= 11 is 0. The minimum atomic E-state index is -0.265. The van der Waals surface area contributed by atoms with Crippen molar-refractivity contribution in [2.45, 2.75) is 38.5 Å². The van der Waals surface area contributed by atoms with Crippen LogP contribution >= 0.6 is 0 Å². The number of allylic oxidation sites excluding steroid dienone is 4. The molecule has 0 amide bonds. The molecule has 0 spiro atoms. The van der Waals surface area contributed by atoms with E-state index in [1.54, 1.807) is 6.20 Å². The van der Waals surface area contributed by atoms with Crippen LogP contribution in [0.25, 0.3) is 0 Å². The molecule has 0 aliphatic carbocycles. The van der Waals surface area contributed by atoms with E-state index >= 15 is 0 Å². The van der Waals surface area contributed by atoms with Gasteiger partial charge in [-0.15, -0.1) is 6.58 Å². The van der Waals surface area contributed by atoms with Gasteiger partial charge >= 0.3 is 0 Å². The monoisotopic (exact) mass is 232 g/mol. The van der Waals surface area contributed by atoms with E-state index in [2.05, 4.69) is 50.0 Å². The van der Waals surface area contributed by atoms with Crippen LogP contribution in [0.15, 0.2) is 49.2 Å². The van der Waals surface area contributed by atoms with Gasteiger partial charge in [0.25, 0.3) is 0 Å². The van der Waals surface area contributed by atoms with Gasteiger partial charge in [0, 0.05) is 5.54 Å². The molecule has 0 aromatic rings. The van der Waals surface area contributed by atoms with E-state index in [1.165, 1.54) is 0 Å². The van der Waals surface area contributed by atoms with Crippen LogP contribution in [0.1, 0.15) is 27.7 Å². The highest BCUT2D eigenvalue weighted by Gasteiger charge is 2.24. The molecule has 0 saturated carbocycles. The Morgan fingerprint density at radius 2 is 1.65 bits per heavy atom. The molecule has 0 saturated heterocycles. The average Bonchev–Trinajstić information content (AvgIpc) is 2.28. The molecule has 0 heterocycles. The molecule has 17 heavy (non-hydrogen) atoms. The Morgan fingerprint density at radius 1 is 1.12 bits per heavy atom. The lowest BCUT2D eigenvalue weighted by Gasteiger charge is -2.29. The highest BCUT2D eigenvalue weighted by atomic mass is 14.9. The first-order valence-electron chi connectivity index (χ1n) is 6.01. The van der Waals surface area contributed by atoms with Crippen molar-refractivity contribution in [3.05, 3.63) is 49.2 Å². The van der Waals surface area contributed by atoms with Gasteiger partial charge in [-0.25, -0.2) is 0 Å². The molecule has 2 nitrogen and oxygen atoms in total. The van der Waals surface area contributed by atoms with Crippen LogP contribution < -0.4 is 11.0 Å². The topological polar surface area (TPSA) is 38.0 Å². The van der Waals surface area contributed by atoms with E-state index in [-0.39, 0.29) is 10.9 Å². The van der Waals surface area contributed by atoms with Gasteiger partial charge in [-0.1, -0.05) is 37.3 Å². The largest absolute Gasteiger partial charge is 0.405 e. The molecule has 1 atom stereocenters. The molecule has 3 heteroatoms. The summed E-state index contributed by atoms with van der Waals surface area (Å²) in [5.74, 6) is 0. The summed E-state index contributed by atoms with van der Waals surface area (Å²) in [4.78, 5) is 0. The van der Waals surface area contributed by atoms with Crippen LogP contribution in [0.2, 0.25) is 5.31 Å². The van der Waals surface area contributed by atoms with Crippen molar-refractivity contribution in [1.29, 1.82) is 0 Å². The Morgan fingerprint density at radius 3 is 2.00 bits per heavy atom. The van der Waals surface area contributed by atoms with Gasteiger partial charge in [-0.2, -0.15) is 0 Å². The predicted octanol–water partition coefficient (Wildman–Crippen LogP) is 2.68. The molecule has 3 N–H and O–H groups in total. The summed E-state index contributed by atoms with van der Waals surface area (Å²) in [5, 5.41) is 3.48. The maximum Gasteiger partial charge on any atom is 0.216 e. The fraction of sp³-hybridized carbons (Fsp3) is 0.429. The van der Waals surface area contributed by atoms with E-state index in [4.69, 9.17) is 5.73 Å². The summed E-state index contributed by atoms with van der Waals surface area (Å²) in [7, 11) is 0.828. The summed E-state index contributed by atoms with van der Waals surface area (Å²) in [5.41, 5.74) is 5.19. The van der Waals surface area contributed by atoms with E-state index < -0.39 is 0 Å². The molecular formula is C14H25BN2. The molecule has 0 rings (SSSR count). The Kier molecular flexibility index (Phi) is 6.66. The fourth-order valence-electron chi connectivity index (χ4n) is 1.71. The van der Waals surface area contributed by atoms with Gasteiger partial charge in [-0.05, 0) is 38.4 Å². The Bertz CT molecular complexity index is 306. The molecule has 0 aliphatic rings. The predicted molar refractivity (Wildman–Crippen MR) is 80.2 cm³/mol. The van der Waals surface area contributed by atoms with Crippen molar-refractivity contribution in [1.82, 2.24) is 5.23 Å². The van der Waals surface area contributed by atoms with Gasteiger partial charge < -0.3 is 11.0 Å². The van der Waals surface area contributed by atoms with Gasteiger partial charge in [-0.3, -0.25) is 0 Å². The summed E-state index contributed by atoms with van der Waals surface area (Å²) in [6.07, 6.45) is 13.9. The van der Waals surface area contributed by atoms with Crippen molar-refractivity contribution in [3.8, 4) is 0 Å². The second-order valence-electron chi connectivity index (χ2n) is 4.71. The van der Waals surface area contributed by atoms with Crippen LogP contribution in [0, 0.1) is 0 Å². The first kappa shape index (κ1) is 15.8. The first-order valence-corrected chi connectivity index (χ1v) is 6.01. The maximum atomic E-state index is 5.45. The number of nitrogens with two attached hydrogens (primary N) is 1. The number of hydrogen-bond acceptors (Lipinski definition) is 2. The SMILES string of the molecule is C=CC(C)(C=CN)NBC(C)(C=CC)C=CC. The number of nitrogens with one attached hydrogen (secondary N) is 1. The molecule has 0 fully saturated rings. The lowest BCUT2D eigenvalue weighted by atomic mass is 9.60. The zero-order chi connectivity index (χ0) is 13.4. The molecular weight excluding hydrogens is 207 g/mol. The number of hydrogen-bond donors (Lipinski definition) is 2. The normalized spacial score (nSPS) is 19.5. The summed E-state index contributed by atoms with van der Waals surface area (Å²) in [6.45, 7) is 12.2. The van der Waals surface area contributed by atoms with Crippen molar-refractivity contribution < 1.29 is 0 Å². The molecule has 1 unspecified atom stereocenters. The van der Waals surface area contributed by atoms with Gasteiger partial charge in [0.2, 0.25) is 7.41 Å². The van der Waals surface area contributed by atoms with Gasteiger partial charge in [0.05, 0.1) is 0 Å². The van der Waals surface area contributed by atoms with E-state index in [0.717, 1.165) is 7.41 Å². The zero-order valence-corrected chi connectivity index (χ0v) is 11.5. The van der Waals surface area contributed by atoms with Crippen molar-refractivity contribution in [2.24, 2.45) is 5.73 Å². The van der Waals surface area contributed by atoms with Crippen LogP contribution in [-0.2, 0) is 0 Å². The second kappa shape index (κ2) is 7.18. The van der Waals surface area contributed by atoms with Gasteiger partial charge in [0.1, 0.15) is 0 Å². The first-order chi connectivity index (χ1) is 7.95. The molecule has 94 valence electrons. The summed E-state index contributed by atoms with van der Waals surface area (Å²) in [6, 6.07) is 0. The molecule has 0 aromatic heterocycles. The van der Waals surface area contributed by atoms with Crippen LogP contribution in [0.4, 0.5) is 0 Å². The van der Waals surface area contributed by atoms with E-state index in [9.17, 15) is 0 Å². The van der Waals surface area contributed by atoms with Gasteiger partial charge in [0.15, 0.2) is 0 Å². The van der Waals surface area contributed by atoms with E-state index in [0.29, 0.717) is 0 Å². The Labute approximate surface area is 107 Å². The van der Waals surface area contributed by atoms with E-state index in [1.807, 2.05) is 26.0 Å². The smallest absolute Gasteiger partial charge is 0.216 e. The molecule has 0 aliphatic heterocycles. The molecule has 0 aromatic carbocycles. The molecule has 0 radical (unpaired) electrons. The molecule has 0 bridgehead atoms. The second-order valence-corrected chi connectivity index (χ2v) is 4.71. The number of rotatable bonds is 7. The lowest BCUT2D eigenvalue weighted by molar-refractivity contribution is 0.649.